The zero-order valence-electron chi connectivity index (χ0n) is 12.1. The summed E-state index contributed by atoms with van der Waals surface area (Å²) >= 11 is 0. The summed E-state index contributed by atoms with van der Waals surface area (Å²) in [6.45, 7) is 4.10. The third-order valence-electron chi connectivity index (χ3n) is 2.08. The van der Waals surface area contributed by atoms with E-state index >= 15 is 0 Å². The summed E-state index contributed by atoms with van der Waals surface area (Å²) in [6, 6.07) is -2.40. The van der Waals surface area contributed by atoms with Crippen molar-refractivity contribution < 1.29 is 33.0 Å². The molecule has 0 saturated carbocycles. The molecule has 0 aliphatic heterocycles. The highest BCUT2D eigenvalue weighted by atomic mass is 19.3. The Morgan fingerprint density at radius 2 is 1.81 bits per heavy atom. The number of aliphatic carboxylic acids is 1. The number of esters is 1. The van der Waals surface area contributed by atoms with Gasteiger partial charge in [0.25, 0.3) is 6.43 Å². The van der Waals surface area contributed by atoms with E-state index in [-0.39, 0.29) is 12.8 Å². The van der Waals surface area contributed by atoms with E-state index in [0.29, 0.717) is 0 Å². The molecule has 0 aliphatic rings. The minimum atomic E-state index is -2.74. The lowest BCUT2D eigenvalue weighted by Gasteiger charge is -2.20. The van der Waals surface area contributed by atoms with Gasteiger partial charge in [0, 0.05) is 6.42 Å². The van der Waals surface area contributed by atoms with E-state index in [1.165, 1.54) is 0 Å². The highest BCUT2D eigenvalue weighted by Crippen LogP contribution is 2.10. The zero-order chi connectivity index (χ0) is 16.6. The summed E-state index contributed by atoms with van der Waals surface area (Å²) in [5.74, 6) is -1.98. The van der Waals surface area contributed by atoms with Gasteiger partial charge in [-0.1, -0.05) is 0 Å². The van der Waals surface area contributed by atoms with Crippen molar-refractivity contribution in [1.82, 2.24) is 10.6 Å². The van der Waals surface area contributed by atoms with Gasteiger partial charge in [-0.05, 0) is 27.2 Å². The fraction of sp³-hybridized carbons (Fsp3) is 0.750. The normalized spacial score (nSPS) is 12.7. The summed E-state index contributed by atoms with van der Waals surface area (Å²) in [5.41, 5.74) is -0.697. The molecule has 0 radical (unpaired) electrons. The number of nitrogens with one attached hydrogen (secondary N) is 2. The number of carbonyl (C=O) groups excluding carboxylic acids is 2. The SMILES string of the molecule is CC(C)(C)OC(=O)CC[C@@H](NC(=O)NCC(F)F)C(=O)O. The lowest BCUT2D eigenvalue weighted by atomic mass is 10.1. The minimum absolute atomic E-state index is 0.202. The zero-order valence-corrected chi connectivity index (χ0v) is 12.1. The first-order valence-corrected chi connectivity index (χ1v) is 6.28. The molecule has 0 aliphatic carbocycles. The Balaban J connectivity index is 4.29. The molecule has 0 bridgehead atoms. The van der Waals surface area contributed by atoms with Crippen LogP contribution in [0.2, 0.25) is 0 Å². The van der Waals surface area contributed by atoms with E-state index in [1.54, 1.807) is 20.8 Å². The fourth-order valence-electron chi connectivity index (χ4n) is 1.29. The van der Waals surface area contributed by atoms with Gasteiger partial charge in [-0.15, -0.1) is 0 Å². The molecule has 2 amide bonds. The lowest BCUT2D eigenvalue weighted by Crippen LogP contribution is -2.47. The van der Waals surface area contributed by atoms with Crippen LogP contribution in [0.3, 0.4) is 0 Å². The molecule has 0 heterocycles. The van der Waals surface area contributed by atoms with Crippen LogP contribution in [0, 0.1) is 0 Å². The van der Waals surface area contributed by atoms with Crippen molar-refractivity contribution in [3.05, 3.63) is 0 Å². The van der Waals surface area contributed by atoms with Gasteiger partial charge in [0.2, 0.25) is 0 Å². The van der Waals surface area contributed by atoms with Gasteiger partial charge < -0.3 is 20.5 Å². The van der Waals surface area contributed by atoms with E-state index in [1.807, 2.05) is 10.6 Å². The number of ether oxygens (including phenoxy) is 1. The molecule has 0 saturated heterocycles. The maximum atomic E-state index is 11.9. The average molecular weight is 310 g/mol. The Bertz CT molecular complexity index is 382. The quantitative estimate of drug-likeness (QED) is 0.611. The number of halogens is 2. The third kappa shape index (κ3) is 10.5. The lowest BCUT2D eigenvalue weighted by molar-refractivity contribution is -0.155. The van der Waals surface area contributed by atoms with Crippen molar-refractivity contribution in [3.8, 4) is 0 Å². The van der Waals surface area contributed by atoms with Crippen LogP contribution in [0.1, 0.15) is 33.6 Å². The molecule has 0 aromatic rings. The van der Waals surface area contributed by atoms with Gasteiger partial charge in [-0.25, -0.2) is 18.4 Å². The smallest absolute Gasteiger partial charge is 0.326 e. The average Bonchev–Trinajstić information content (AvgIpc) is 2.29. The van der Waals surface area contributed by atoms with E-state index in [2.05, 4.69) is 0 Å². The van der Waals surface area contributed by atoms with Crippen molar-refractivity contribution in [2.24, 2.45) is 0 Å². The third-order valence-corrected chi connectivity index (χ3v) is 2.08. The number of amides is 2. The molecule has 122 valence electrons. The molecule has 0 unspecified atom stereocenters. The Morgan fingerprint density at radius 1 is 1.24 bits per heavy atom. The van der Waals surface area contributed by atoms with E-state index in [9.17, 15) is 23.2 Å². The number of carbonyl (C=O) groups is 3. The van der Waals surface area contributed by atoms with Crippen LogP contribution in [0.15, 0.2) is 0 Å². The summed E-state index contributed by atoms with van der Waals surface area (Å²) in [4.78, 5) is 33.6. The predicted molar refractivity (Wildman–Crippen MR) is 69.0 cm³/mol. The Labute approximate surface area is 121 Å². The summed E-state index contributed by atoms with van der Waals surface area (Å²) < 4.78 is 28.8. The Hall–Kier alpha value is -1.93. The molecule has 0 aromatic carbocycles. The second-order valence-corrected chi connectivity index (χ2v) is 5.26. The van der Waals surface area contributed by atoms with Gasteiger partial charge in [0.1, 0.15) is 11.6 Å². The van der Waals surface area contributed by atoms with Crippen molar-refractivity contribution in [3.63, 3.8) is 0 Å². The maximum Gasteiger partial charge on any atom is 0.326 e. The number of alkyl halides is 2. The van der Waals surface area contributed by atoms with E-state index in [4.69, 9.17) is 9.84 Å². The van der Waals surface area contributed by atoms with Crippen LogP contribution in [0.5, 0.6) is 0 Å². The van der Waals surface area contributed by atoms with E-state index < -0.39 is 42.6 Å². The van der Waals surface area contributed by atoms with Gasteiger partial charge in [0.15, 0.2) is 0 Å². The van der Waals surface area contributed by atoms with Gasteiger partial charge in [-0.3, -0.25) is 4.79 Å². The van der Waals surface area contributed by atoms with E-state index in [0.717, 1.165) is 0 Å². The monoisotopic (exact) mass is 310 g/mol. The molecule has 1 atom stereocenters. The second-order valence-electron chi connectivity index (χ2n) is 5.26. The molecule has 0 spiro atoms. The van der Waals surface area contributed by atoms with Crippen LogP contribution in [-0.4, -0.2) is 47.7 Å². The fourth-order valence-corrected chi connectivity index (χ4v) is 1.29. The molecule has 3 N–H and O–H groups in total. The molecule has 21 heavy (non-hydrogen) atoms. The Kier molecular flexibility index (Phi) is 7.61. The van der Waals surface area contributed by atoms with Gasteiger partial charge in [0.05, 0.1) is 6.54 Å². The number of hydrogen-bond acceptors (Lipinski definition) is 4. The molecule has 9 heteroatoms. The van der Waals surface area contributed by atoms with Crippen LogP contribution in [-0.2, 0) is 14.3 Å². The summed E-state index contributed by atoms with van der Waals surface area (Å²) in [6.07, 6.45) is -3.16. The van der Waals surface area contributed by atoms with Crippen molar-refractivity contribution >= 4 is 18.0 Å². The van der Waals surface area contributed by atoms with Gasteiger partial charge in [-0.2, -0.15) is 0 Å². The van der Waals surface area contributed by atoms with Crippen molar-refractivity contribution in [2.75, 3.05) is 6.54 Å². The topological polar surface area (TPSA) is 105 Å². The minimum Gasteiger partial charge on any atom is -0.480 e. The first-order valence-electron chi connectivity index (χ1n) is 6.28. The first-order chi connectivity index (χ1) is 9.51. The number of rotatable bonds is 7. The number of hydrogen-bond donors (Lipinski definition) is 3. The molecule has 0 fully saturated rings. The van der Waals surface area contributed by atoms with Crippen molar-refractivity contribution in [2.45, 2.75) is 51.7 Å². The number of carboxylic acids is 1. The second kappa shape index (κ2) is 8.38. The van der Waals surface area contributed by atoms with Crippen LogP contribution >= 0.6 is 0 Å². The highest BCUT2D eigenvalue weighted by Gasteiger charge is 2.23. The largest absolute Gasteiger partial charge is 0.480 e. The Morgan fingerprint density at radius 3 is 2.24 bits per heavy atom. The van der Waals surface area contributed by atoms with Crippen molar-refractivity contribution in [1.29, 1.82) is 0 Å². The molecular formula is C12H20F2N2O5. The number of carboxylic acid groups (broad SMARTS) is 1. The maximum absolute atomic E-state index is 11.9. The predicted octanol–water partition coefficient (Wildman–Crippen LogP) is 1.13. The molecule has 7 nitrogen and oxygen atoms in total. The first kappa shape index (κ1) is 19.1. The summed E-state index contributed by atoms with van der Waals surface area (Å²) in [7, 11) is 0. The van der Waals surface area contributed by atoms with Crippen LogP contribution in [0.4, 0.5) is 13.6 Å². The van der Waals surface area contributed by atoms with Crippen LogP contribution in [0.25, 0.3) is 0 Å². The molecule has 0 aromatic heterocycles. The standard InChI is InChI=1S/C12H20F2N2O5/c1-12(2,3)21-9(17)5-4-7(10(18)19)16-11(20)15-6-8(13)14/h7-8H,4-6H2,1-3H3,(H,18,19)(H2,15,16,20)/t7-/m1/s1. The summed E-state index contributed by atoms with van der Waals surface area (Å²) in [5, 5.41) is 12.7. The van der Waals surface area contributed by atoms with Gasteiger partial charge >= 0.3 is 18.0 Å². The molecule has 0 rings (SSSR count). The highest BCUT2D eigenvalue weighted by molar-refractivity contribution is 5.83. The number of urea groups is 1. The van der Waals surface area contributed by atoms with Crippen LogP contribution < -0.4 is 10.6 Å². The molecular weight excluding hydrogens is 290 g/mol.